The standard InChI is InChI=1S/C24H22BrN3OS/c1-14-9-10-20(15(2)11-14)26-24-27-23(29)22(30-24)13-18-12-16(3)28(17(18)4)21-8-6-5-7-19(21)25/h5-13H,1-4H3,(H,26,27,29)/b22-13+. The second kappa shape index (κ2) is 8.28. The topological polar surface area (TPSA) is 46.4 Å². The molecule has 1 aliphatic rings. The number of carbonyl (C=O) groups is 1. The summed E-state index contributed by atoms with van der Waals surface area (Å²) < 4.78 is 3.22. The molecule has 0 aliphatic carbocycles. The minimum absolute atomic E-state index is 0.116. The van der Waals surface area contributed by atoms with Crippen LogP contribution in [0.2, 0.25) is 0 Å². The maximum atomic E-state index is 12.6. The molecule has 2 aromatic carbocycles. The van der Waals surface area contributed by atoms with Crippen molar-refractivity contribution in [3.63, 3.8) is 0 Å². The van der Waals surface area contributed by atoms with Gasteiger partial charge in [0, 0.05) is 15.9 Å². The first-order chi connectivity index (χ1) is 14.3. The Morgan fingerprint density at radius 1 is 1.07 bits per heavy atom. The Balaban J connectivity index is 1.66. The van der Waals surface area contributed by atoms with Crippen LogP contribution in [0.15, 0.2) is 62.9 Å². The summed E-state index contributed by atoms with van der Waals surface area (Å²) >= 11 is 5.01. The lowest BCUT2D eigenvalue weighted by Gasteiger charge is -2.11. The summed E-state index contributed by atoms with van der Waals surface area (Å²) in [5, 5.41) is 3.50. The van der Waals surface area contributed by atoms with Crippen LogP contribution in [0.25, 0.3) is 11.8 Å². The number of para-hydroxylation sites is 1. The van der Waals surface area contributed by atoms with Crippen LogP contribution in [0.4, 0.5) is 5.69 Å². The van der Waals surface area contributed by atoms with Gasteiger partial charge in [-0.15, -0.1) is 0 Å². The van der Waals surface area contributed by atoms with E-state index in [4.69, 9.17) is 0 Å². The number of thioether (sulfide) groups is 1. The fourth-order valence-corrected chi connectivity index (χ4v) is 4.89. The van der Waals surface area contributed by atoms with Crippen molar-refractivity contribution in [2.45, 2.75) is 27.7 Å². The maximum absolute atomic E-state index is 12.6. The SMILES string of the molecule is Cc1ccc(N=C2NC(=O)/C(=C\c3cc(C)n(-c4ccccc4Br)c3C)S2)c(C)c1. The number of amidine groups is 1. The van der Waals surface area contributed by atoms with Gasteiger partial charge in [0.2, 0.25) is 0 Å². The summed E-state index contributed by atoms with van der Waals surface area (Å²) in [5.74, 6) is -0.116. The highest BCUT2D eigenvalue weighted by Gasteiger charge is 2.25. The second-order valence-corrected chi connectivity index (χ2v) is 9.27. The van der Waals surface area contributed by atoms with E-state index in [1.807, 2.05) is 43.3 Å². The Morgan fingerprint density at radius 2 is 1.83 bits per heavy atom. The molecule has 0 atom stereocenters. The van der Waals surface area contributed by atoms with E-state index in [9.17, 15) is 4.79 Å². The molecule has 0 spiro atoms. The van der Waals surface area contributed by atoms with Crippen molar-refractivity contribution >= 4 is 50.5 Å². The highest BCUT2D eigenvalue weighted by Crippen LogP contribution is 2.32. The number of rotatable bonds is 3. The van der Waals surface area contributed by atoms with Crippen molar-refractivity contribution in [1.82, 2.24) is 9.88 Å². The third-order valence-corrected chi connectivity index (χ3v) is 6.66. The molecule has 1 fully saturated rings. The van der Waals surface area contributed by atoms with E-state index in [1.165, 1.54) is 17.3 Å². The van der Waals surface area contributed by atoms with Gasteiger partial charge in [-0.05, 0) is 96.9 Å². The zero-order valence-electron chi connectivity index (χ0n) is 17.3. The number of hydrogen-bond donors (Lipinski definition) is 1. The Labute approximate surface area is 189 Å². The van der Waals surface area contributed by atoms with E-state index >= 15 is 0 Å². The molecule has 30 heavy (non-hydrogen) atoms. The van der Waals surface area contributed by atoms with Crippen LogP contribution in [0.5, 0.6) is 0 Å². The van der Waals surface area contributed by atoms with Gasteiger partial charge in [-0.1, -0.05) is 29.8 Å². The summed E-state index contributed by atoms with van der Waals surface area (Å²) in [4.78, 5) is 17.8. The molecule has 6 heteroatoms. The second-order valence-electron chi connectivity index (χ2n) is 7.38. The summed E-state index contributed by atoms with van der Waals surface area (Å²) in [7, 11) is 0. The van der Waals surface area contributed by atoms with E-state index in [2.05, 4.69) is 69.8 Å². The molecule has 152 valence electrons. The molecule has 0 bridgehead atoms. The quantitative estimate of drug-likeness (QED) is 0.443. The number of nitrogens with zero attached hydrogens (tertiary/aromatic N) is 2. The predicted molar refractivity (Wildman–Crippen MR) is 130 cm³/mol. The Kier molecular flexibility index (Phi) is 5.71. The molecule has 0 radical (unpaired) electrons. The van der Waals surface area contributed by atoms with Gasteiger partial charge in [0.15, 0.2) is 5.17 Å². The minimum atomic E-state index is -0.116. The third-order valence-electron chi connectivity index (χ3n) is 5.08. The number of hydrogen-bond acceptors (Lipinski definition) is 3. The zero-order valence-corrected chi connectivity index (χ0v) is 19.7. The molecule has 2 heterocycles. The first kappa shape index (κ1) is 20.7. The van der Waals surface area contributed by atoms with Crippen LogP contribution in [0.1, 0.15) is 28.1 Å². The molecule has 3 aromatic rings. The van der Waals surface area contributed by atoms with Crippen LogP contribution in [-0.2, 0) is 4.79 Å². The predicted octanol–water partition coefficient (Wildman–Crippen LogP) is 6.37. The summed E-state index contributed by atoms with van der Waals surface area (Å²) in [5.41, 5.74) is 7.45. The van der Waals surface area contributed by atoms with Crippen LogP contribution >= 0.6 is 27.7 Å². The zero-order chi connectivity index (χ0) is 21.4. The monoisotopic (exact) mass is 479 g/mol. The third kappa shape index (κ3) is 4.02. The van der Waals surface area contributed by atoms with Crippen molar-refractivity contribution in [3.05, 3.63) is 86.0 Å². The maximum Gasteiger partial charge on any atom is 0.264 e. The minimum Gasteiger partial charge on any atom is -0.317 e. The normalized spacial score (nSPS) is 16.5. The van der Waals surface area contributed by atoms with E-state index in [0.717, 1.165) is 38.4 Å². The lowest BCUT2D eigenvalue weighted by molar-refractivity contribution is -0.115. The van der Waals surface area contributed by atoms with Gasteiger partial charge in [-0.2, -0.15) is 0 Å². The number of benzene rings is 2. The lowest BCUT2D eigenvalue weighted by Crippen LogP contribution is -2.19. The number of amides is 1. The van der Waals surface area contributed by atoms with E-state index < -0.39 is 0 Å². The van der Waals surface area contributed by atoms with Crippen LogP contribution in [0, 0.1) is 27.7 Å². The number of nitrogens with one attached hydrogen (secondary N) is 1. The molecule has 4 nitrogen and oxygen atoms in total. The number of aromatic nitrogens is 1. The summed E-state index contributed by atoms with van der Waals surface area (Å²) in [6, 6.07) is 16.3. The van der Waals surface area contributed by atoms with Gasteiger partial charge >= 0.3 is 0 Å². The molecule has 1 aromatic heterocycles. The Bertz CT molecular complexity index is 1220. The number of halogens is 1. The molecule has 4 rings (SSSR count). The van der Waals surface area contributed by atoms with Gasteiger partial charge in [-0.25, -0.2) is 4.99 Å². The first-order valence-corrected chi connectivity index (χ1v) is 11.2. The Morgan fingerprint density at radius 3 is 2.57 bits per heavy atom. The molecular formula is C24H22BrN3OS. The fourth-order valence-electron chi connectivity index (χ4n) is 3.60. The average Bonchev–Trinajstić information content (AvgIpc) is 3.17. The van der Waals surface area contributed by atoms with E-state index in [-0.39, 0.29) is 5.91 Å². The summed E-state index contributed by atoms with van der Waals surface area (Å²) in [6.45, 7) is 8.23. The number of aryl methyl sites for hydroxylation is 3. The van der Waals surface area contributed by atoms with Gasteiger partial charge in [0.05, 0.1) is 16.3 Å². The first-order valence-electron chi connectivity index (χ1n) is 9.64. The van der Waals surface area contributed by atoms with Crippen LogP contribution in [0.3, 0.4) is 0 Å². The van der Waals surface area contributed by atoms with Crippen molar-refractivity contribution in [2.24, 2.45) is 4.99 Å². The van der Waals surface area contributed by atoms with Gasteiger partial charge in [0.25, 0.3) is 5.91 Å². The molecule has 1 amide bonds. The van der Waals surface area contributed by atoms with Crippen molar-refractivity contribution in [3.8, 4) is 5.69 Å². The smallest absolute Gasteiger partial charge is 0.264 e. The molecule has 1 N–H and O–H groups in total. The fraction of sp³-hybridized carbons (Fsp3) is 0.167. The van der Waals surface area contributed by atoms with Crippen molar-refractivity contribution < 1.29 is 4.79 Å². The lowest BCUT2D eigenvalue weighted by atomic mass is 10.1. The van der Waals surface area contributed by atoms with Crippen LogP contribution in [-0.4, -0.2) is 15.6 Å². The average molecular weight is 480 g/mol. The van der Waals surface area contributed by atoms with Crippen molar-refractivity contribution in [1.29, 1.82) is 0 Å². The van der Waals surface area contributed by atoms with Gasteiger partial charge < -0.3 is 9.88 Å². The van der Waals surface area contributed by atoms with Crippen molar-refractivity contribution in [2.75, 3.05) is 0 Å². The van der Waals surface area contributed by atoms with Gasteiger partial charge in [0.1, 0.15) is 0 Å². The van der Waals surface area contributed by atoms with Gasteiger partial charge in [-0.3, -0.25) is 4.79 Å². The highest BCUT2D eigenvalue weighted by molar-refractivity contribution is 9.10. The highest BCUT2D eigenvalue weighted by atomic mass is 79.9. The summed E-state index contributed by atoms with van der Waals surface area (Å²) in [6.07, 6.45) is 1.94. The molecular weight excluding hydrogens is 458 g/mol. The van der Waals surface area contributed by atoms with E-state index in [0.29, 0.717) is 10.1 Å². The molecule has 0 unspecified atom stereocenters. The number of aliphatic imine (C=N–C) groups is 1. The molecule has 1 saturated heterocycles. The number of carbonyl (C=O) groups excluding carboxylic acids is 1. The Hall–Kier alpha value is -2.57. The molecule has 0 saturated carbocycles. The van der Waals surface area contributed by atoms with E-state index in [1.54, 1.807) is 0 Å². The van der Waals surface area contributed by atoms with Crippen LogP contribution < -0.4 is 5.32 Å². The molecule has 1 aliphatic heterocycles. The largest absolute Gasteiger partial charge is 0.317 e.